The van der Waals surface area contributed by atoms with Gasteiger partial charge in [-0.15, -0.1) is 5.98 Å². The second kappa shape index (κ2) is 11.9. The number of aromatic amines is 1. The number of rotatable bonds is 6. The normalized spacial score (nSPS) is 11.2. The number of nitrogens with zero attached hydrogens (tertiary/aromatic N) is 1. The maximum Gasteiger partial charge on any atom is 0.416 e. The molecular weight excluding hydrogens is 420 g/mol. The molecule has 1 aromatic heterocycles. The number of aryl methyl sites for hydroxylation is 1. The predicted molar refractivity (Wildman–Crippen MR) is 130 cm³/mol. The van der Waals surface area contributed by atoms with Crippen LogP contribution in [0.4, 0.5) is 13.2 Å². The molecule has 3 aromatic carbocycles. The van der Waals surface area contributed by atoms with Gasteiger partial charge in [0.05, 0.1) is 5.56 Å². The van der Waals surface area contributed by atoms with Crippen molar-refractivity contribution in [2.45, 2.75) is 25.9 Å². The van der Waals surface area contributed by atoms with E-state index in [0.29, 0.717) is 5.56 Å². The third-order valence-corrected chi connectivity index (χ3v) is 4.98. The molecule has 0 fully saturated rings. The van der Waals surface area contributed by atoms with E-state index in [1.54, 1.807) is 24.3 Å². The fourth-order valence-corrected chi connectivity index (χ4v) is 3.28. The third kappa shape index (κ3) is 7.83. The topological polar surface area (TPSA) is 28.7 Å². The summed E-state index contributed by atoms with van der Waals surface area (Å²) in [5.41, 5.74) is 3.50. The van der Waals surface area contributed by atoms with Crippen molar-refractivity contribution in [2.75, 3.05) is 0 Å². The third-order valence-electron chi connectivity index (χ3n) is 4.98. The van der Waals surface area contributed by atoms with Crippen LogP contribution >= 0.6 is 0 Å². The number of hydrogen-bond acceptors (Lipinski definition) is 1. The summed E-state index contributed by atoms with van der Waals surface area (Å²) in [4.78, 5) is 7.23. The highest BCUT2D eigenvalue weighted by Gasteiger charge is 2.30. The highest BCUT2D eigenvalue weighted by atomic mass is 19.4. The summed E-state index contributed by atoms with van der Waals surface area (Å²) in [6, 6.07) is 23.6. The molecule has 0 spiro atoms. The van der Waals surface area contributed by atoms with Gasteiger partial charge in [0.1, 0.15) is 5.82 Å². The van der Waals surface area contributed by atoms with Gasteiger partial charge >= 0.3 is 6.18 Å². The van der Waals surface area contributed by atoms with E-state index in [4.69, 9.17) is 0 Å². The van der Waals surface area contributed by atoms with Gasteiger partial charge in [-0.2, -0.15) is 13.2 Å². The summed E-state index contributed by atoms with van der Waals surface area (Å²) >= 11 is 0. The van der Waals surface area contributed by atoms with Crippen LogP contribution in [-0.2, 0) is 19.0 Å². The maximum absolute atomic E-state index is 12.6. The lowest BCUT2D eigenvalue weighted by Crippen LogP contribution is -2.16. The molecular formula is C27H25BF3N2. The minimum atomic E-state index is -4.30. The Morgan fingerprint density at radius 3 is 2.39 bits per heavy atom. The molecule has 1 heterocycles. The Morgan fingerprint density at radius 1 is 0.939 bits per heavy atom. The van der Waals surface area contributed by atoms with Crippen LogP contribution in [0.1, 0.15) is 35.0 Å². The molecule has 1 radical (unpaired) electrons. The Hall–Kier alpha value is -3.54. The summed E-state index contributed by atoms with van der Waals surface area (Å²) in [7, 11) is 1.92. The molecule has 0 atom stereocenters. The molecule has 0 aliphatic rings. The van der Waals surface area contributed by atoms with Crippen molar-refractivity contribution in [2.24, 2.45) is 0 Å². The van der Waals surface area contributed by atoms with Gasteiger partial charge < -0.3 is 4.98 Å². The van der Waals surface area contributed by atoms with Crippen molar-refractivity contribution in [1.82, 2.24) is 9.97 Å². The van der Waals surface area contributed by atoms with E-state index >= 15 is 0 Å². The lowest BCUT2D eigenvalue weighted by atomic mass is 9.67. The zero-order valence-corrected chi connectivity index (χ0v) is 18.4. The van der Waals surface area contributed by atoms with Gasteiger partial charge in [-0.1, -0.05) is 90.8 Å². The van der Waals surface area contributed by atoms with Crippen LogP contribution < -0.4 is 5.46 Å². The molecule has 4 rings (SSSR count). The molecule has 2 nitrogen and oxygen atoms in total. The van der Waals surface area contributed by atoms with E-state index in [9.17, 15) is 13.2 Å². The number of aromatic nitrogens is 2. The molecule has 0 saturated heterocycles. The number of imidazole rings is 1. The molecule has 0 aliphatic heterocycles. The minimum absolute atomic E-state index is 0.537. The molecule has 4 aromatic rings. The van der Waals surface area contributed by atoms with E-state index in [1.807, 2.05) is 55.9 Å². The van der Waals surface area contributed by atoms with Crippen molar-refractivity contribution >= 4 is 18.8 Å². The van der Waals surface area contributed by atoms with E-state index in [0.717, 1.165) is 36.3 Å². The summed E-state index contributed by atoms with van der Waals surface area (Å²) in [5.74, 6) is 2.80. The highest BCUT2D eigenvalue weighted by molar-refractivity contribution is 6.59. The molecule has 167 valence electrons. The van der Waals surface area contributed by atoms with E-state index in [-0.39, 0.29) is 0 Å². The van der Waals surface area contributed by atoms with Crippen molar-refractivity contribution in [3.63, 3.8) is 0 Å². The fraction of sp³-hybridized carbons (Fsp3) is 0.148. The quantitative estimate of drug-likeness (QED) is 0.348. The summed E-state index contributed by atoms with van der Waals surface area (Å²) in [6.07, 6.45) is 2.80. The number of benzene rings is 3. The van der Waals surface area contributed by atoms with Gasteiger partial charge in [0.15, 0.2) is 7.28 Å². The van der Waals surface area contributed by atoms with Crippen molar-refractivity contribution in [3.05, 3.63) is 125 Å². The second-order valence-corrected chi connectivity index (χ2v) is 7.40. The highest BCUT2D eigenvalue weighted by Crippen LogP contribution is 2.29. The standard InChI is InChI=1S/C17H15BF3.C10H10N2/c1-2-14-7-3-4-9-16(14)18-11-10-13-6-5-8-15(12-13)17(19,20)21;1-2-4-9(5-3-1)8-10-11-6-7-12-10/h3-12H,2H2,1H3;1-7H,8H2,(H,11,12). The number of H-pyrrole nitrogens is 1. The first kappa shape index (κ1) is 24.1. The van der Waals surface area contributed by atoms with Gasteiger partial charge in [-0.05, 0) is 29.7 Å². The van der Waals surface area contributed by atoms with Crippen molar-refractivity contribution < 1.29 is 13.2 Å². The number of hydrogen-bond donors (Lipinski definition) is 1. The Labute approximate surface area is 193 Å². The zero-order chi connectivity index (χ0) is 23.5. The average Bonchev–Trinajstić information content (AvgIpc) is 3.33. The van der Waals surface area contributed by atoms with Gasteiger partial charge in [0.25, 0.3) is 0 Å². The Kier molecular flexibility index (Phi) is 8.70. The smallest absolute Gasteiger partial charge is 0.348 e. The van der Waals surface area contributed by atoms with Gasteiger partial charge in [0, 0.05) is 18.8 Å². The zero-order valence-electron chi connectivity index (χ0n) is 18.4. The number of nitrogens with one attached hydrogen (secondary N) is 1. The predicted octanol–water partition coefficient (Wildman–Crippen LogP) is 6.27. The summed E-state index contributed by atoms with van der Waals surface area (Å²) < 4.78 is 37.9. The molecule has 0 amide bonds. The molecule has 0 unspecified atom stereocenters. The van der Waals surface area contributed by atoms with Gasteiger partial charge in [-0.3, -0.25) is 0 Å². The first-order chi connectivity index (χ1) is 16.0. The van der Waals surface area contributed by atoms with Crippen LogP contribution in [0.5, 0.6) is 0 Å². The summed E-state index contributed by atoms with van der Waals surface area (Å²) in [6.45, 7) is 2.07. The Morgan fingerprint density at radius 2 is 1.70 bits per heavy atom. The van der Waals surface area contributed by atoms with Crippen LogP contribution in [0.2, 0.25) is 0 Å². The van der Waals surface area contributed by atoms with E-state index in [2.05, 4.69) is 29.0 Å². The van der Waals surface area contributed by atoms with Crippen LogP contribution in [0, 0.1) is 0 Å². The minimum Gasteiger partial charge on any atom is -0.348 e. The van der Waals surface area contributed by atoms with Gasteiger partial charge in [0.2, 0.25) is 0 Å². The van der Waals surface area contributed by atoms with E-state index in [1.165, 1.54) is 17.2 Å². The Bertz CT molecular complexity index is 1140. The molecule has 0 saturated carbocycles. The van der Waals surface area contributed by atoms with Crippen LogP contribution in [0.15, 0.2) is 97.2 Å². The van der Waals surface area contributed by atoms with Crippen molar-refractivity contribution in [1.29, 1.82) is 0 Å². The van der Waals surface area contributed by atoms with Crippen molar-refractivity contribution in [3.8, 4) is 0 Å². The average molecular weight is 445 g/mol. The fourth-order valence-electron chi connectivity index (χ4n) is 3.28. The van der Waals surface area contributed by atoms with Crippen LogP contribution in [0.25, 0.3) is 6.08 Å². The number of alkyl halides is 3. The number of halogens is 3. The molecule has 0 bridgehead atoms. The monoisotopic (exact) mass is 445 g/mol. The summed E-state index contributed by atoms with van der Waals surface area (Å²) in [5, 5.41) is 0. The molecule has 1 N–H and O–H groups in total. The lowest BCUT2D eigenvalue weighted by molar-refractivity contribution is -0.137. The van der Waals surface area contributed by atoms with Gasteiger partial charge in [-0.25, -0.2) is 4.98 Å². The SMILES string of the molecule is CCc1ccccc1[B]C=Cc1cccc(C(F)(F)F)c1.c1ccc(Cc2ncc[nH]2)cc1. The van der Waals surface area contributed by atoms with E-state index < -0.39 is 11.7 Å². The largest absolute Gasteiger partial charge is 0.416 e. The maximum atomic E-state index is 12.6. The lowest BCUT2D eigenvalue weighted by Gasteiger charge is -2.07. The first-order valence-electron chi connectivity index (χ1n) is 10.7. The Balaban J connectivity index is 0.000000215. The van der Waals surface area contributed by atoms with Crippen LogP contribution in [-0.4, -0.2) is 17.2 Å². The second-order valence-electron chi connectivity index (χ2n) is 7.40. The molecule has 0 aliphatic carbocycles. The first-order valence-corrected chi connectivity index (χ1v) is 10.7. The molecule has 33 heavy (non-hydrogen) atoms. The molecule has 6 heteroatoms. The van der Waals surface area contributed by atoms with Crippen LogP contribution in [0.3, 0.4) is 0 Å².